The van der Waals surface area contributed by atoms with E-state index in [1.807, 2.05) is 11.4 Å². The zero-order chi connectivity index (χ0) is 13.9. The molecular weight excluding hydrogens is 268 g/mol. The average molecular weight is 288 g/mol. The smallest absolute Gasteiger partial charge is 0.134 e. The minimum Gasteiger partial charge on any atom is -0.496 e. The molecule has 1 heterocycles. The SMILES string of the molecule is COc1ccsc1C(NN)c1ccc(C2CCC2)cc1. The summed E-state index contributed by atoms with van der Waals surface area (Å²) < 4.78 is 5.39. The Bertz CT molecular complexity index is 560. The monoisotopic (exact) mass is 288 g/mol. The van der Waals surface area contributed by atoms with Crippen LogP contribution in [0.25, 0.3) is 0 Å². The fourth-order valence-corrected chi connectivity index (χ4v) is 3.66. The molecule has 0 radical (unpaired) electrons. The van der Waals surface area contributed by atoms with Crippen LogP contribution in [0.4, 0.5) is 0 Å². The van der Waals surface area contributed by atoms with E-state index in [0.29, 0.717) is 0 Å². The van der Waals surface area contributed by atoms with Gasteiger partial charge in [-0.1, -0.05) is 30.7 Å². The molecule has 1 aromatic heterocycles. The first-order valence-electron chi connectivity index (χ1n) is 7.01. The van der Waals surface area contributed by atoms with Gasteiger partial charge in [-0.05, 0) is 41.3 Å². The number of nitrogens with one attached hydrogen (secondary N) is 1. The van der Waals surface area contributed by atoms with E-state index in [2.05, 4.69) is 29.7 Å². The highest BCUT2D eigenvalue weighted by Crippen LogP contribution is 2.38. The van der Waals surface area contributed by atoms with E-state index in [4.69, 9.17) is 10.6 Å². The van der Waals surface area contributed by atoms with E-state index in [9.17, 15) is 0 Å². The Morgan fingerprint density at radius 2 is 2.00 bits per heavy atom. The fourth-order valence-electron chi connectivity index (χ4n) is 2.71. The Balaban J connectivity index is 1.85. The molecule has 3 nitrogen and oxygen atoms in total. The van der Waals surface area contributed by atoms with Crippen molar-refractivity contribution >= 4 is 11.3 Å². The van der Waals surface area contributed by atoms with Gasteiger partial charge in [0.1, 0.15) is 5.75 Å². The number of thiophene rings is 1. The van der Waals surface area contributed by atoms with Crippen LogP contribution >= 0.6 is 11.3 Å². The summed E-state index contributed by atoms with van der Waals surface area (Å²) in [5.41, 5.74) is 5.53. The third-order valence-electron chi connectivity index (χ3n) is 4.15. The van der Waals surface area contributed by atoms with Crippen molar-refractivity contribution in [1.29, 1.82) is 0 Å². The van der Waals surface area contributed by atoms with E-state index in [1.54, 1.807) is 18.4 Å². The van der Waals surface area contributed by atoms with Gasteiger partial charge in [-0.25, -0.2) is 5.43 Å². The van der Waals surface area contributed by atoms with Gasteiger partial charge in [0.25, 0.3) is 0 Å². The summed E-state index contributed by atoms with van der Waals surface area (Å²) in [5, 5.41) is 2.03. The Morgan fingerprint density at radius 1 is 1.25 bits per heavy atom. The highest BCUT2D eigenvalue weighted by molar-refractivity contribution is 7.10. The molecule has 20 heavy (non-hydrogen) atoms. The second-order valence-corrected chi connectivity index (χ2v) is 6.20. The molecule has 1 aliphatic rings. The summed E-state index contributed by atoms with van der Waals surface area (Å²) in [6.07, 6.45) is 4.03. The van der Waals surface area contributed by atoms with Crippen LogP contribution in [0.15, 0.2) is 35.7 Å². The average Bonchev–Trinajstić information content (AvgIpc) is 2.88. The van der Waals surface area contributed by atoms with Crippen molar-refractivity contribution in [1.82, 2.24) is 5.43 Å². The van der Waals surface area contributed by atoms with Crippen molar-refractivity contribution in [2.75, 3.05) is 7.11 Å². The predicted octanol–water partition coefficient (Wildman–Crippen LogP) is 3.58. The number of ether oxygens (including phenoxy) is 1. The molecule has 4 heteroatoms. The fraction of sp³-hybridized carbons (Fsp3) is 0.375. The number of hydrogen-bond donors (Lipinski definition) is 2. The molecule has 0 spiro atoms. The molecule has 1 fully saturated rings. The molecule has 0 bridgehead atoms. The van der Waals surface area contributed by atoms with Gasteiger partial charge in [0.2, 0.25) is 0 Å². The standard InChI is InChI=1S/C16H20N2OS/c1-19-14-9-10-20-16(14)15(18-17)13-7-5-12(6-8-13)11-3-2-4-11/h5-11,15,18H,2-4,17H2,1H3. The number of nitrogens with two attached hydrogens (primary N) is 1. The maximum absolute atomic E-state index is 5.76. The van der Waals surface area contributed by atoms with Gasteiger partial charge in [-0.15, -0.1) is 11.3 Å². The summed E-state index contributed by atoms with van der Waals surface area (Å²) >= 11 is 1.66. The maximum Gasteiger partial charge on any atom is 0.134 e. The number of benzene rings is 1. The summed E-state index contributed by atoms with van der Waals surface area (Å²) in [7, 11) is 1.69. The number of methoxy groups -OCH3 is 1. The zero-order valence-electron chi connectivity index (χ0n) is 11.6. The van der Waals surface area contributed by atoms with Crippen LogP contribution in [-0.2, 0) is 0 Å². The first-order chi connectivity index (χ1) is 9.83. The topological polar surface area (TPSA) is 47.3 Å². The lowest BCUT2D eigenvalue weighted by Gasteiger charge is -2.26. The molecule has 1 unspecified atom stereocenters. The second-order valence-electron chi connectivity index (χ2n) is 5.25. The van der Waals surface area contributed by atoms with Crippen LogP contribution in [0.2, 0.25) is 0 Å². The Morgan fingerprint density at radius 3 is 2.55 bits per heavy atom. The van der Waals surface area contributed by atoms with Crippen LogP contribution in [0, 0.1) is 0 Å². The van der Waals surface area contributed by atoms with E-state index in [0.717, 1.165) is 16.5 Å². The van der Waals surface area contributed by atoms with Gasteiger partial charge in [-0.2, -0.15) is 0 Å². The largest absolute Gasteiger partial charge is 0.496 e. The lowest BCUT2D eigenvalue weighted by Crippen LogP contribution is -2.28. The van der Waals surface area contributed by atoms with Crippen LogP contribution < -0.4 is 16.0 Å². The molecule has 1 aliphatic carbocycles. The van der Waals surface area contributed by atoms with Gasteiger partial charge in [0.15, 0.2) is 0 Å². The van der Waals surface area contributed by atoms with Gasteiger partial charge in [0, 0.05) is 0 Å². The van der Waals surface area contributed by atoms with Crippen molar-refractivity contribution < 1.29 is 4.74 Å². The Labute approximate surface area is 123 Å². The summed E-state index contributed by atoms with van der Waals surface area (Å²) in [5.74, 6) is 7.41. The van der Waals surface area contributed by atoms with E-state index < -0.39 is 0 Å². The molecular formula is C16H20N2OS. The molecule has 0 amide bonds. The zero-order valence-corrected chi connectivity index (χ0v) is 12.5. The first kappa shape index (κ1) is 13.6. The van der Waals surface area contributed by atoms with Crippen LogP contribution in [-0.4, -0.2) is 7.11 Å². The summed E-state index contributed by atoms with van der Waals surface area (Å²) in [6, 6.07) is 10.8. The number of rotatable bonds is 5. The Hall–Kier alpha value is -1.36. The molecule has 1 aromatic carbocycles. The molecule has 1 atom stereocenters. The normalized spacial score (nSPS) is 16.7. The van der Waals surface area contributed by atoms with E-state index in [1.165, 1.54) is 30.4 Å². The third kappa shape index (κ3) is 2.46. The lowest BCUT2D eigenvalue weighted by atomic mass is 9.80. The summed E-state index contributed by atoms with van der Waals surface area (Å²) in [4.78, 5) is 1.12. The molecule has 1 saturated carbocycles. The Kier molecular flexibility index (Phi) is 4.05. The second kappa shape index (κ2) is 5.95. The molecule has 2 aromatic rings. The quantitative estimate of drug-likeness (QED) is 0.653. The van der Waals surface area contributed by atoms with Gasteiger partial charge in [-0.3, -0.25) is 5.84 Å². The van der Waals surface area contributed by atoms with Crippen molar-refractivity contribution in [2.45, 2.75) is 31.2 Å². The minimum atomic E-state index is -0.0135. The molecule has 0 saturated heterocycles. The molecule has 3 rings (SSSR count). The predicted molar refractivity (Wildman–Crippen MR) is 83.1 cm³/mol. The van der Waals surface area contributed by atoms with Crippen molar-refractivity contribution in [3.05, 3.63) is 51.7 Å². The molecule has 0 aliphatic heterocycles. The van der Waals surface area contributed by atoms with Gasteiger partial charge in [0.05, 0.1) is 18.0 Å². The first-order valence-corrected chi connectivity index (χ1v) is 7.89. The van der Waals surface area contributed by atoms with Crippen molar-refractivity contribution in [2.24, 2.45) is 5.84 Å². The van der Waals surface area contributed by atoms with Crippen LogP contribution in [0.5, 0.6) is 5.75 Å². The molecule has 3 N–H and O–H groups in total. The summed E-state index contributed by atoms with van der Waals surface area (Å²) in [6.45, 7) is 0. The highest BCUT2D eigenvalue weighted by atomic mass is 32.1. The molecule has 106 valence electrons. The number of hydrazine groups is 1. The maximum atomic E-state index is 5.76. The third-order valence-corrected chi connectivity index (χ3v) is 5.12. The van der Waals surface area contributed by atoms with Crippen LogP contribution in [0.3, 0.4) is 0 Å². The van der Waals surface area contributed by atoms with Gasteiger partial charge >= 0.3 is 0 Å². The van der Waals surface area contributed by atoms with Crippen molar-refractivity contribution in [3.8, 4) is 5.75 Å². The van der Waals surface area contributed by atoms with E-state index in [-0.39, 0.29) is 6.04 Å². The van der Waals surface area contributed by atoms with Crippen LogP contribution in [0.1, 0.15) is 47.2 Å². The highest BCUT2D eigenvalue weighted by Gasteiger charge is 2.21. The van der Waals surface area contributed by atoms with Crippen molar-refractivity contribution in [3.63, 3.8) is 0 Å². The number of hydrogen-bond acceptors (Lipinski definition) is 4. The van der Waals surface area contributed by atoms with E-state index >= 15 is 0 Å². The van der Waals surface area contributed by atoms with Gasteiger partial charge < -0.3 is 4.74 Å². The minimum absolute atomic E-state index is 0.0135. The lowest BCUT2D eigenvalue weighted by molar-refractivity contribution is 0.407.